The van der Waals surface area contributed by atoms with Crippen molar-refractivity contribution < 1.29 is 4.79 Å². The third-order valence-electron chi connectivity index (χ3n) is 6.75. The van der Waals surface area contributed by atoms with Crippen LogP contribution in [-0.4, -0.2) is 28.9 Å². The molecule has 2 N–H and O–H groups in total. The lowest BCUT2D eigenvalue weighted by Crippen LogP contribution is -2.47. The van der Waals surface area contributed by atoms with Crippen LogP contribution in [0.5, 0.6) is 0 Å². The van der Waals surface area contributed by atoms with Crippen LogP contribution < -0.4 is 5.73 Å². The number of nitrogens with two attached hydrogens (primary N) is 1. The Balaban J connectivity index is 1.43. The van der Waals surface area contributed by atoms with Crippen molar-refractivity contribution in [1.82, 2.24) is 9.88 Å². The Bertz CT molecular complexity index is 1020. The maximum Gasteiger partial charge on any atom is 0.248 e. The molecule has 154 valence electrons. The monoisotopic (exact) mass is 399 g/mol. The summed E-state index contributed by atoms with van der Waals surface area (Å²) in [5.74, 6) is 0.117. The van der Waals surface area contributed by atoms with Gasteiger partial charge in [-0.2, -0.15) is 0 Å². The first-order valence-electron chi connectivity index (χ1n) is 10.6. The number of pyridine rings is 1. The van der Waals surface area contributed by atoms with Gasteiger partial charge in [-0.05, 0) is 70.8 Å². The Morgan fingerprint density at radius 1 is 1.10 bits per heavy atom. The van der Waals surface area contributed by atoms with Gasteiger partial charge in [0.25, 0.3) is 0 Å². The van der Waals surface area contributed by atoms with Crippen LogP contribution >= 0.6 is 0 Å². The van der Waals surface area contributed by atoms with Crippen LogP contribution in [-0.2, 0) is 12.0 Å². The van der Waals surface area contributed by atoms with Crippen LogP contribution in [0.2, 0.25) is 0 Å². The van der Waals surface area contributed by atoms with E-state index in [2.05, 4.69) is 54.1 Å². The summed E-state index contributed by atoms with van der Waals surface area (Å²) in [6.07, 6.45) is 4.72. The number of benzene rings is 2. The third-order valence-corrected chi connectivity index (χ3v) is 6.75. The quantitative estimate of drug-likeness (QED) is 0.679. The molecule has 2 heterocycles. The molecule has 30 heavy (non-hydrogen) atoms. The SMILES string of the molecule is CC1CN(Cc2ccc(-c3ccncc3)cc2)CCC1(C)c1cccc(C(N)=O)c1. The van der Waals surface area contributed by atoms with Gasteiger partial charge >= 0.3 is 0 Å². The molecule has 2 unspecified atom stereocenters. The van der Waals surface area contributed by atoms with Gasteiger partial charge in [-0.1, -0.05) is 50.2 Å². The highest BCUT2D eigenvalue weighted by molar-refractivity contribution is 5.92. The van der Waals surface area contributed by atoms with Crippen molar-refractivity contribution in [3.63, 3.8) is 0 Å². The summed E-state index contributed by atoms with van der Waals surface area (Å²) >= 11 is 0. The molecule has 1 aliphatic heterocycles. The number of hydrogen-bond donors (Lipinski definition) is 1. The van der Waals surface area contributed by atoms with E-state index in [4.69, 9.17) is 5.73 Å². The van der Waals surface area contributed by atoms with E-state index in [1.807, 2.05) is 36.7 Å². The summed E-state index contributed by atoms with van der Waals surface area (Å²) in [4.78, 5) is 18.2. The number of nitrogens with zero attached hydrogens (tertiary/aromatic N) is 2. The minimum absolute atomic E-state index is 0.0488. The van der Waals surface area contributed by atoms with E-state index in [1.165, 1.54) is 22.3 Å². The van der Waals surface area contributed by atoms with Crippen molar-refractivity contribution in [1.29, 1.82) is 0 Å². The lowest BCUT2D eigenvalue weighted by molar-refractivity contribution is 0.0996. The van der Waals surface area contributed by atoms with Crippen molar-refractivity contribution in [2.24, 2.45) is 11.7 Å². The molecule has 1 amide bonds. The predicted molar refractivity (Wildman–Crippen MR) is 121 cm³/mol. The zero-order valence-corrected chi connectivity index (χ0v) is 17.7. The Kier molecular flexibility index (Phi) is 5.69. The number of rotatable bonds is 5. The average molecular weight is 400 g/mol. The van der Waals surface area contributed by atoms with Crippen LogP contribution in [0.3, 0.4) is 0 Å². The molecule has 4 heteroatoms. The van der Waals surface area contributed by atoms with E-state index >= 15 is 0 Å². The van der Waals surface area contributed by atoms with Gasteiger partial charge < -0.3 is 5.73 Å². The average Bonchev–Trinajstić information content (AvgIpc) is 2.77. The number of carbonyl (C=O) groups excluding carboxylic acids is 1. The van der Waals surface area contributed by atoms with E-state index in [-0.39, 0.29) is 11.3 Å². The number of piperidine rings is 1. The van der Waals surface area contributed by atoms with Gasteiger partial charge in [0, 0.05) is 31.0 Å². The number of amides is 1. The van der Waals surface area contributed by atoms with Gasteiger partial charge in [0.05, 0.1) is 0 Å². The van der Waals surface area contributed by atoms with Gasteiger partial charge in [-0.25, -0.2) is 0 Å². The molecule has 1 saturated heterocycles. The fourth-order valence-corrected chi connectivity index (χ4v) is 4.52. The van der Waals surface area contributed by atoms with Crippen molar-refractivity contribution in [3.05, 3.63) is 89.7 Å². The standard InChI is InChI=1S/C26H29N3O/c1-19-17-29(15-12-26(19,2)24-5-3-4-23(16-24)25(27)30)18-20-6-8-21(9-7-20)22-10-13-28-14-11-22/h3-11,13-14,16,19H,12,15,17-18H2,1-2H3,(H2,27,30). The van der Waals surface area contributed by atoms with Gasteiger partial charge in [-0.15, -0.1) is 0 Å². The van der Waals surface area contributed by atoms with E-state index in [0.29, 0.717) is 11.5 Å². The highest BCUT2D eigenvalue weighted by Gasteiger charge is 2.38. The van der Waals surface area contributed by atoms with E-state index in [1.54, 1.807) is 6.07 Å². The zero-order valence-electron chi connectivity index (χ0n) is 17.7. The first kappa shape index (κ1) is 20.3. The summed E-state index contributed by atoms with van der Waals surface area (Å²) in [7, 11) is 0. The molecule has 2 atom stereocenters. The summed E-state index contributed by atoms with van der Waals surface area (Å²) < 4.78 is 0. The number of primary amides is 1. The minimum Gasteiger partial charge on any atom is -0.366 e. The van der Waals surface area contributed by atoms with Gasteiger partial charge in [0.1, 0.15) is 0 Å². The van der Waals surface area contributed by atoms with Gasteiger partial charge in [0.15, 0.2) is 0 Å². The molecular formula is C26H29N3O. The maximum absolute atomic E-state index is 11.6. The van der Waals surface area contributed by atoms with Gasteiger partial charge in [0.2, 0.25) is 5.91 Å². The molecule has 4 nitrogen and oxygen atoms in total. The topological polar surface area (TPSA) is 59.2 Å². The fraction of sp³-hybridized carbons (Fsp3) is 0.308. The number of likely N-dealkylation sites (tertiary alicyclic amines) is 1. The van der Waals surface area contributed by atoms with Crippen LogP contribution in [0.4, 0.5) is 0 Å². The van der Waals surface area contributed by atoms with E-state index < -0.39 is 0 Å². The molecule has 3 aromatic rings. The predicted octanol–water partition coefficient (Wildman–Crippen LogP) is 4.65. The Labute approximate surface area is 178 Å². The summed E-state index contributed by atoms with van der Waals surface area (Å²) in [6.45, 7) is 7.66. The van der Waals surface area contributed by atoms with Crippen LogP contribution in [0.15, 0.2) is 73.1 Å². The molecular weight excluding hydrogens is 370 g/mol. The summed E-state index contributed by atoms with van der Waals surface area (Å²) in [6, 6.07) is 20.8. The molecule has 0 saturated carbocycles. The Hall–Kier alpha value is -2.98. The molecule has 0 radical (unpaired) electrons. The molecule has 4 rings (SSSR count). The molecule has 0 bridgehead atoms. The largest absolute Gasteiger partial charge is 0.366 e. The molecule has 0 spiro atoms. The van der Waals surface area contributed by atoms with Crippen LogP contribution in [0.25, 0.3) is 11.1 Å². The number of carbonyl (C=O) groups is 1. The second-order valence-corrected chi connectivity index (χ2v) is 8.68. The van der Waals surface area contributed by atoms with E-state index in [0.717, 1.165) is 26.1 Å². The number of hydrogen-bond acceptors (Lipinski definition) is 3. The van der Waals surface area contributed by atoms with E-state index in [9.17, 15) is 4.79 Å². The molecule has 2 aromatic carbocycles. The molecule has 1 fully saturated rings. The third kappa shape index (κ3) is 4.14. The second kappa shape index (κ2) is 8.41. The van der Waals surface area contributed by atoms with Crippen molar-refractivity contribution in [3.8, 4) is 11.1 Å². The highest BCUT2D eigenvalue weighted by Crippen LogP contribution is 2.40. The minimum atomic E-state index is -0.360. The summed E-state index contributed by atoms with van der Waals surface area (Å²) in [5, 5.41) is 0. The lowest BCUT2D eigenvalue weighted by Gasteiger charge is -2.45. The Morgan fingerprint density at radius 2 is 1.80 bits per heavy atom. The first-order valence-corrected chi connectivity index (χ1v) is 10.6. The molecule has 1 aliphatic rings. The zero-order chi connectivity index (χ0) is 21.1. The number of aromatic nitrogens is 1. The highest BCUT2D eigenvalue weighted by atomic mass is 16.1. The smallest absolute Gasteiger partial charge is 0.248 e. The first-order chi connectivity index (χ1) is 14.5. The lowest BCUT2D eigenvalue weighted by atomic mass is 9.68. The van der Waals surface area contributed by atoms with Crippen LogP contribution in [0, 0.1) is 5.92 Å². The van der Waals surface area contributed by atoms with Crippen molar-refractivity contribution >= 4 is 5.91 Å². The maximum atomic E-state index is 11.6. The normalized spacial score (nSPS) is 22.0. The Morgan fingerprint density at radius 3 is 2.47 bits per heavy atom. The van der Waals surface area contributed by atoms with Gasteiger partial charge in [-0.3, -0.25) is 14.7 Å². The fourth-order valence-electron chi connectivity index (χ4n) is 4.52. The second-order valence-electron chi connectivity index (χ2n) is 8.68. The van der Waals surface area contributed by atoms with Crippen molar-refractivity contribution in [2.75, 3.05) is 13.1 Å². The van der Waals surface area contributed by atoms with Crippen LogP contribution in [0.1, 0.15) is 41.8 Å². The molecule has 1 aromatic heterocycles. The summed E-state index contributed by atoms with van der Waals surface area (Å²) in [5.41, 5.74) is 11.1. The molecule has 0 aliphatic carbocycles. The van der Waals surface area contributed by atoms with Crippen molar-refractivity contribution in [2.45, 2.75) is 32.2 Å².